The van der Waals surface area contributed by atoms with Crippen molar-refractivity contribution in [3.63, 3.8) is 0 Å². The molecule has 0 radical (unpaired) electrons. The zero-order valence-electron chi connectivity index (χ0n) is 9.99. The molecule has 0 aromatic carbocycles. The average molecular weight is 224 g/mol. The lowest BCUT2D eigenvalue weighted by Gasteiger charge is -2.33. The molecule has 1 aliphatic rings. The topological polar surface area (TPSA) is 75.7 Å². The summed E-state index contributed by atoms with van der Waals surface area (Å²) >= 11 is 0. The lowest BCUT2D eigenvalue weighted by Crippen LogP contribution is -2.35. The van der Waals surface area contributed by atoms with Crippen molar-refractivity contribution in [2.24, 2.45) is 16.1 Å². The molecule has 0 unspecified atom stereocenters. The van der Waals surface area contributed by atoms with E-state index in [1.807, 2.05) is 6.92 Å². The molecule has 0 spiro atoms. The van der Waals surface area contributed by atoms with Gasteiger partial charge in [0, 0.05) is 0 Å². The van der Waals surface area contributed by atoms with Gasteiger partial charge >= 0.3 is 5.97 Å². The number of carboxylic acids is 1. The molecule has 1 saturated carbocycles. The molecule has 0 aromatic rings. The highest BCUT2D eigenvalue weighted by Crippen LogP contribution is 2.43. The predicted molar refractivity (Wildman–Crippen MR) is 64.2 cm³/mol. The minimum absolute atomic E-state index is 0.416. The molecule has 0 atom stereocenters. The summed E-state index contributed by atoms with van der Waals surface area (Å²) in [6.07, 6.45) is 6.11. The minimum atomic E-state index is -0.812. The van der Waals surface area contributed by atoms with Crippen LogP contribution >= 0.6 is 0 Å². The molecule has 0 heterocycles. The number of aliphatic imine (C=N–C) groups is 1. The van der Waals surface area contributed by atoms with E-state index in [4.69, 9.17) is 5.73 Å². The van der Waals surface area contributed by atoms with Gasteiger partial charge in [0.25, 0.3) is 0 Å². The molecule has 0 amide bonds. The van der Waals surface area contributed by atoms with Crippen LogP contribution in [0.4, 0.5) is 0 Å². The lowest BCUT2D eigenvalue weighted by atomic mass is 9.71. The summed E-state index contributed by atoms with van der Waals surface area (Å²) in [5.74, 6) is -0.357. The summed E-state index contributed by atoms with van der Waals surface area (Å²) in [7, 11) is 0. The monoisotopic (exact) mass is 224 g/mol. The Balaban J connectivity index is 3.09. The molecular formula is C12H20N2O2. The van der Waals surface area contributed by atoms with Crippen molar-refractivity contribution in [3.8, 4) is 0 Å². The molecule has 1 fully saturated rings. The largest absolute Gasteiger partial charge is 0.481 e. The van der Waals surface area contributed by atoms with Crippen molar-refractivity contribution >= 4 is 11.8 Å². The fourth-order valence-corrected chi connectivity index (χ4v) is 2.37. The second-order valence-corrected chi connectivity index (χ2v) is 4.38. The number of nitrogens with two attached hydrogens (primary N) is 1. The van der Waals surface area contributed by atoms with E-state index < -0.39 is 11.4 Å². The van der Waals surface area contributed by atoms with E-state index in [-0.39, 0.29) is 0 Å². The van der Waals surface area contributed by atoms with Crippen LogP contribution in [0.3, 0.4) is 0 Å². The molecule has 0 saturated heterocycles. The molecule has 4 nitrogen and oxygen atoms in total. The standard InChI is InChI=1S/C12H20N2O2/c1-3-10(14-9(2)13)12(11(15)16)7-5-4-6-8-12/h3H,4-8H2,1-2H3,(H2,13,14)(H,15,16)/b10-3-. The van der Waals surface area contributed by atoms with Gasteiger partial charge in [-0.25, -0.2) is 4.99 Å². The van der Waals surface area contributed by atoms with Gasteiger partial charge in [-0.1, -0.05) is 25.3 Å². The summed E-state index contributed by atoms with van der Waals surface area (Å²) < 4.78 is 0. The van der Waals surface area contributed by atoms with Gasteiger partial charge in [-0.3, -0.25) is 4.79 Å². The number of aliphatic carboxylic acids is 1. The van der Waals surface area contributed by atoms with Crippen LogP contribution in [-0.2, 0) is 4.79 Å². The molecule has 90 valence electrons. The Bertz CT molecular complexity index is 322. The maximum absolute atomic E-state index is 11.5. The van der Waals surface area contributed by atoms with Gasteiger partial charge in [0.1, 0.15) is 5.41 Å². The quantitative estimate of drug-likeness (QED) is 0.570. The highest BCUT2D eigenvalue weighted by Gasteiger charge is 2.43. The van der Waals surface area contributed by atoms with Gasteiger partial charge < -0.3 is 10.8 Å². The highest BCUT2D eigenvalue weighted by atomic mass is 16.4. The Morgan fingerprint density at radius 3 is 2.31 bits per heavy atom. The fraction of sp³-hybridized carbons (Fsp3) is 0.667. The summed E-state index contributed by atoms with van der Waals surface area (Å²) in [6.45, 7) is 3.50. The predicted octanol–water partition coefficient (Wildman–Crippen LogP) is 2.30. The Morgan fingerprint density at radius 2 is 1.94 bits per heavy atom. The van der Waals surface area contributed by atoms with Gasteiger partial charge in [-0.15, -0.1) is 0 Å². The van der Waals surface area contributed by atoms with Crippen molar-refractivity contribution in [1.29, 1.82) is 0 Å². The first kappa shape index (κ1) is 12.7. The Morgan fingerprint density at radius 1 is 1.38 bits per heavy atom. The lowest BCUT2D eigenvalue weighted by molar-refractivity contribution is -0.148. The van der Waals surface area contributed by atoms with Crippen LogP contribution in [0.25, 0.3) is 0 Å². The highest BCUT2D eigenvalue weighted by molar-refractivity contribution is 5.83. The smallest absolute Gasteiger partial charge is 0.315 e. The third-order valence-corrected chi connectivity index (χ3v) is 3.18. The van der Waals surface area contributed by atoms with Crippen LogP contribution < -0.4 is 5.73 Å². The first-order valence-corrected chi connectivity index (χ1v) is 5.74. The zero-order valence-corrected chi connectivity index (χ0v) is 9.99. The molecule has 3 N–H and O–H groups in total. The maximum atomic E-state index is 11.5. The van der Waals surface area contributed by atoms with Crippen LogP contribution in [0.15, 0.2) is 16.8 Å². The van der Waals surface area contributed by atoms with E-state index in [9.17, 15) is 9.90 Å². The summed E-state index contributed by atoms with van der Waals surface area (Å²) in [5.41, 5.74) is 5.35. The van der Waals surface area contributed by atoms with Gasteiger partial charge in [0.15, 0.2) is 0 Å². The van der Waals surface area contributed by atoms with Crippen LogP contribution in [0.5, 0.6) is 0 Å². The Labute approximate surface area is 96.2 Å². The van der Waals surface area contributed by atoms with Gasteiger partial charge in [-0.2, -0.15) is 0 Å². The minimum Gasteiger partial charge on any atom is -0.481 e. The Hall–Kier alpha value is -1.32. The number of hydrogen-bond acceptors (Lipinski definition) is 2. The second kappa shape index (κ2) is 5.14. The molecule has 1 aliphatic carbocycles. The number of hydrogen-bond donors (Lipinski definition) is 2. The van der Waals surface area contributed by atoms with E-state index in [0.29, 0.717) is 24.4 Å². The van der Waals surface area contributed by atoms with E-state index in [1.165, 1.54) is 0 Å². The number of amidine groups is 1. The van der Waals surface area contributed by atoms with Crippen LogP contribution in [-0.4, -0.2) is 16.9 Å². The normalized spacial score (nSPS) is 21.9. The van der Waals surface area contributed by atoms with Gasteiger partial charge in [-0.05, 0) is 26.7 Å². The van der Waals surface area contributed by atoms with Crippen molar-refractivity contribution in [1.82, 2.24) is 0 Å². The van der Waals surface area contributed by atoms with Crippen molar-refractivity contribution in [2.45, 2.75) is 46.0 Å². The van der Waals surface area contributed by atoms with E-state index >= 15 is 0 Å². The third kappa shape index (κ3) is 2.43. The van der Waals surface area contributed by atoms with Crippen molar-refractivity contribution < 1.29 is 9.90 Å². The second-order valence-electron chi connectivity index (χ2n) is 4.38. The molecule has 16 heavy (non-hydrogen) atoms. The van der Waals surface area contributed by atoms with E-state index in [2.05, 4.69) is 4.99 Å². The van der Waals surface area contributed by atoms with Gasteiger partial charge in [0.2, 0.25) is 0 Å². The van der Waals surface area contributed by atoms with Crippen LogP contribution in [0.1, 0.15) is 46.0 Å². The van der Waals surface area contributed by atoms with E-state index in [1.54, 1.807) is 13.0 Å². The first-order valence-electron chi connectivity index (χ1n) is 5.74. The molecule has 4 heteroatoms. The van der Waals surface area contributed by atoms with E-state index in [0.717, 1.165) is 19.3 Å². The number of carbonyl (C=O) groups is 1. The Kier molecular flexibility index (Phi) is 4.10. The third-order valence-electron chi connectivity index (χ3n) is 3.18. The van der Waals surface area contributed by atoms with Crippen molar-refractivity contribution in [3.05, 3.63) is 11.8 Å². The number of allylic oxidation sites excluding steroid dienone is 1. The van der Waals surface area contributed by atoms with Crippen LogP contribution in [0, 0.1) is 5.41 Å². The fourth-order valence-electron chi connectivity index (χ4n) is 2.37. The van der Waals surface area contributed by atoms with Gasteiger partial charge in [0.05, 0.1) is 11.5 Å². The molecular weight excluding hydrogens is 204 g/mol. The molecule has 1 rings (SSSR count). The molecule has 0 aliphatic heterocycles. The van der Waals surface area contributed by atoms with Crippen molar-refractivity contribution in [2.75, 3.05) is 0 Å². The summed E-state index contributed by atoms with van der Waals surface area (Å²) in [4.78, 5) is 15.7. The molecule has 0 aromatic heterocycles. The summed E-state index contributed by atoms with van der Waals surface area (Å²) in [5, 5.41) is 9.45. The summed E-state index contributed by atoms with van der Waals surface area (Å²) in [6, 6.07) is 0. The number of rotatable bonds is 3. The SMILES string of the molecule is C/C=C(\N=C(C)N)C1(C(=O)O)CCCCC1. The maximum Gasteiger partial charge on any atom is 0.315 e. The number of carboxylic acid groups (broad SMARTS) is 1. The zero-order chi connectivity index (χ0) is 12.2. The van der Waals surface area contributed by atoms with Crippen LogP contribution in [0.2, 0.25) is 0 Å². The first-order chi connectivity index (χ1) is 7.53. The molecule has 0 bridgehead atoms. The number of nitrogens with zero attached hydrogens (tertiary/aromatic N) is 1. The average Bonchev–Trinajstić information content (AvgIpc) is 2.26.